The van der Waals surface area contributed by atoms with Gasteiger partial charge in [-0.25, -0.2) is 0 Å². The van der Waals surface area contributed by atoms with Crippen molar-refractivity contribution in [2.75, 3.05) is 25.7 Å². The summed E-state index contributed by atoms with van der Waals surface area (Å²) in [5, 5.41) is 3.92. The first-order valence-corrected chi connectivity index (χ1v) is 7.87. The van der Waals surface area contributed by atoms with Crippen LogP contribution in [0.2, 0.25) is 0 Å². The highest BCUT2D eigenvalue weighted by atomic mass is 79.9. The second kappa shape index (κ2) is 7.09. The van der Waals surface area contributed by atoms with Crippen LogP contribution in [-0.2, 0) is 16.0 Å². The van der Waals surface area contributed by atoms with Gasteiger partial charge in [-0.2, -0.15) is 0 Å². The molecular weight excluding hydrogens is 322 g/mol. The Balaban J connectivity index is 1.97. The molecule has 1 fully saturated rings. The number of nitrogens with one attached hydrogen (secondary N) is 1. The van der Waals surface area contributed by atoms with Gasteiger partial charge in [-0.1, -0.05) is 28.1 Å². The van der Waals surface area contributed by atoms with E-state index >= 15 is 0 Å². The fourth-order valence-corrected chi connectivity index (χ4v) is 3.06. The molecule has 0 bridgehead atoms. The highest BCUT2D eigenvalue weighted by Crippen LogP contribution is 2.23. The maximum atomic E-state index is 12.2. The monoisotopic (exact) mass is 341 g/mol. The van der Waals surface area contributed by atoms with Gasteiger partial charge in [0.1, 0.15) is 5.75 Å². The summed E-state index contributed by atoms with van der Waals surface area (Å²) in [6.07, 6.45) is 2.07. The Bertz CT molecular complexity index is 458. The maximum absolute atomic E-state index is 12.2. The van der Waals surface area contributed by atoms with Gasteiger partial charge in [-0.15, -0.1) is 0 Å². The SMILES string of the molecule is COc1cccc(CC(=O)NC2(CBr)CCOCC2)c1. The quantitative estimate of drug-likeness (QED) is 0.836. The fourth-order valence-electron chi connectivity index (χ4n) is 2.36. The van der Waals surface area contributed by atoms with Crippen LogP contribution in [0.15, 0.2) is 24.3 Å². The average Bonchev–Trinajstić information content (AvgIpc) is 2.48. The number of carbonyl (C=O) groups excluding carboxylic acids is 1. The third kappa shape index (κ3) is 3.96. The average molecular weight is 342 g/mol. The summed E-state index contributed by atoms with van der Waals surface area (Å²) in [5.41, 5.74) is 0.785. The van der Waals surface area contributed by atoms with Gasteiger partial charge in [0.05, 0.1) is 19.1 Å². The zero-order chi connectivity index (χ0) is 14.4. The summed E-state index contributed by atoms with van der Waals surface area (Å²) in [4.78, 5) is 12.2. The van der Waals surface area contributed by atoms with Gasteiger partial charge in [0.2, 0.25) is 5.91 Å². The Morgan fingerprint density at radius 2 is 2.20 bits per heavy atom. The second-order valence-corrected chi connectivity index (χ2v) is 5.66. The first-order chi connectivity index (χ1) is 9.67. The molecule has 0 saturated carbocycles. The third-order valence-electron chi connectivity index (χ3n) is 3.61. The summed E-state index contributed by atoms with van der Waals surface area (Å²) >= 11 is 3.51. The van der Waals surface area contributed by atoms with Crippen LogP contribution in [0.4, 0.5) is 0 Å². The standard InChI is InChI=1S/C15H20BrNO3/c1-19-13-4-2-3-12(9-13)10-14(18)17-15(11-16)5-7-20-8-6-15/h2-4,9H,5-8,10-11H2,1H3,(H,17,18). The highest BCUT2D eigenvalue weighted by Gasteiger charge is 2.32. The van der Waals surface area contributed by atoms with E-state index in [0.29, 0.717) is 19.6 Å². The molecule has 20 heavy (non-hydrogen) atoms. The highest BCUT2D eigenvalue weighted by molar-refractivity contribution is 9.09. The van der Waals surface area contributed by atoms with Crippen molar-refractivity contribution in [2.24, 2.45) is 0 Å². The Hall–Kier alpha value is -1.07. The number of methoxy groups -OCH3 is 1. The molecule has 0 atom stereocenters. The zero-order valence-electron chi connectivity index (χ0n) is 11.7. The Labute approximate surface area is 128 Å². The lowest BCUT2D eigenvalue weighted by atomic mass is 9.92. The Morgan fingerprint density at radius 3 is 2.85 bits per heavy atom. The molecule has 1 amide bonds. The summed E-state index contributed by atoms with van der Waals surface area (Å²) in [6, 6.07) is 7.60. The van der Waals surface area contributed by atoms with Crippen molar-refractivity contribution in [3.63, 3.8) is 0 Å². The van der Waals surface area contributed by atoms with Crippen LogP contribution < -0.4 is 10.1 Å². The van der Waals surface area contributed by atoms with Crippen molar-refractivity contribution in [3.8, 4) is 5.75 Å². The first kappa shape index (κ1) is 15.3. The van der Waals surface area contributed by atoms with Gasteiger partial charge in [-0.3, -0.25) is 4.79 Å². The molecule has 4 nitrogen and oxygen atoms in total. The van der Waals surface area contributed by atoms with Crippen LogP contribution in [0.5, 0.6) is 5.75 Å². The van der Waals surface area contributed by atoms with E-state index in [4.69, 9.17) is 9.47 Å². The molecule has 5 heteroatoms. The second-order valence-electron chi connectivity index (χ2n) is 5.10. The van der Waals surface area contributed by atoms with E-state index in [1.807, 2.05) is 24.3 Å². The smallest absolute Gasteiger partial charge is 0.224 e. The van der Waals surface area contributed by atoms with E-state index < -0.39 is 0 Å². The van der Waals surface area contributed by atoms with Crippen LogP contribution in [-0.4, -0.2) is 37.1 Å². The predicted molar refractivity (Wildman–Crippen MR) is 81.4 cm³/mol. The van der Waals surface area contributed by atoms with Crippen molar-refractivity contribution in [3.05, 3.63) is 29.8 Å². The molecule has 1 aliphatic heterocycles. The number of alkyl halides is 1. The summed E-state index contributed by atoms with van der Waals surface area (Å²) in [6.45, 7) is 1.40. The molecule has 0 radical (unpaired) electrons. The van der Waals surface area contributed by atoms with E-state index in [-0.39, 0.29) is 11.4 Å². The van der Waals surface area contributed by atoms with Crippen LogP contribution in [0.3, 0.4) is 0 Å². The van der Waals surface area contributed by atoms with Gasteiger partial charge in [0.25, 0.3) is 0 Å². The van der Waals surface area contributed by atoms with Crippen molar-refractivity contribution >= 4 is 21.8 Å². The van der Waals surface area contributed by atoms with E-state index in [1.54, 1.807) is 7.11 Å². The summed E-state index contributed by atoms with van der Waals surface area (Å²) in [7, 11) is 1.63. The Morgan fingerprint density at radius 1 is 1.45 bits per heavy atom. The number of amides is 1. The van der Waals surface area contributed by atoms with Crippen molar-refractivity contribution < 1.29 is 14.3 Å². The van der Waals surface area contributed by atoms with Gasteiger partial charge in [-0.05, 0) is 30.5 Å². The molecule has 1 aromatic rings. The molecule has 1 aliphatic rings. The van der Waals surface area contributed by atoms with Crippen LogP contribution in [0.25, 0.3) is 0 Å². The fraction of sp³-hybridized carbons (Fsp3) is 0.533. The van der Waals surface area contributed by atoms with E-state index in [9.17, 15) is 4.79 Å². The summed E-state index contributed by atoms with van der Waals surface area (Å²) in [5.74, 6) is 0.816. The maximum Gasteiger partial charge on any atom is 0.224 e. The molecule has 1 N–H and O–H groups in total. The minimum Gasteiger partial charge on any atom is -0.497 e. The predicted octanol–water partition coefficient (Wildman–Crippen LogP) is 2.30. The minimum absolute atomic E-state index is 0.0413. The number of hydrogen-bond acceptors (Lipinski definition) is 3. The lowest BCUT2D eigenvalue weighted by Crippen LogP contribution is -2.53. The lowest BCUT2D eigenvalue weighted by molar-refractivity contribution is -0.123. The van der Waals surface area contributed by atoms with Crippen LogP contribution >= 0.6 is 15.9 Å². The van der Waals surface area contributed by atoms with Gasteiger partial charge in [0, 0.05) is 18.5 Å². The minimum atomic E-state index is -0.172. The normalized spacial score (nSPS) is 17.5. The number of carbonyl (C=O) groups is 1. The number of rotatable bonds is 5. The van der Waals surface area contributed by atoms with Gasteiger partial charge < -0.3 is 14.8 Å². The molecule has 1 saturated heterocycles. The topological polar surface area (TPSA) is 47.6 Å². The molecule has 1 heterocycles. The van der Waals surface area contributed by atoms with Crippen molar-refractivity contribution in [1.82, 2.24) is 5.32 Å². The van der Waals surface area contributed by atoms with Crippen LogP contribution in [0.1, 0.15) is 18.4 Å². The van der Waals surface area contributed by atoms with E-state index in [2.05, 4.69) is 21.2 Å². The molecule has 2 rings (SSSR count). The third-order valence-corrected chi connectivity index (χ3v) is 4.68. The molecule has 110 valence electrons. The van der Waals surface area contributed by atoms with Crippen LogP contribution in [0, 0.1) is 0 Å². The molecule has 0 unspecified atom stereocenters. The van der Waals surface area contributed by atoms with Crippen molar-refractivity contribution in [2.45, 2.75) is 24.8 Å². The van der Waals surface area contributed by atoms with Crippen molar-refractivity contribution in [1.29, 1.82) is 0 Å². The number of hydrogen-bond donors (Lipinski definition) is 1. The molecule has 0 spiro atoms. The first-order valence-electron chi connectivity index (χ1n) is 6.75. The van der Waals surface area contributed by atoms with Gasteiger partial charge in [0.15, 0.2) is 0 Å². The number of ether oxygens (including phenoxy) is 2. The van der Waals surface area contributed by atoms with E-state index in [0.717, 1.165) is 29.5 Å². The molecule has 0 aliphatic carbocycles. The molecular formula is C15H20BrNO3. The number of halogens is 1. The zero-order valence-corrected chi connectivity index (χ0v) is 13.2. The molecule has 1 aromatic carbocycles. The van der Waals surface area contributed by atoms with Gasteiger partial charge >= 0.3 is 0 Å². The number of benzene rings is 1. The lowest BCUT2D eigenvalue weighted by Gasteiger charge is -2.36. The van der Waals surface area contributed by atoms with E-state index in [1.165, 1.54) is 0 Å². The molecule has 0 aromatic heterocycles. The summed E-state index contributed by atoms with van der Waals surface area (Å²) < 4.78 is 10.5. The Kier molecular flexibility index (Phi) is 5.43. The largest absolute Gasteiger partial charge is 0.497 e.